The number of carbonyl (C=O) groups excluding carboxylic acids is 1. The van der Waals surface area contributed by atoms with Gasteiger partial charge in [0.05, 0.1) is 23.9 Å². The van der Waals surface area contributed by atoms with E-state index in [4.69, 9.17) is 17.3 Å². The van der Waals surface area contributed by atoms with Crippen molar-refractivity contribution in [2.75, 3.05) is 18.1 Å². The zero-order valence-electron chi connectivity index (χ0n) is 16.7. The summed E-state index contributed by atoms with van der Waals surface area (Å²) in [5.41, 5.74) is 7.34. The Kier molecular flexibility index (Phi) is 4.54. The number of aliphatic hydroxyl groups is 2. The number of carbonyl (C=O) groups is 1. The quantitative estimate of drug-likeness (QED) is 0.285. The molecule has 2 fully saturated rings. The van der Waals surface area contributed by atoms with Crippen LogP contribution in [0.4, 0.5) is 11.5 Å². The largest absolute Gasteiger partial charge is 0.399 e. The number of hydrogen-bond donors (Lipinski definition) is 5. The first-order valence-electron chi connectivity index (χ1n) is 9.93. The van der Waals surface area contributed by atoms with Gasteiger partial charge in [0.1, 0.15) is 6.10 Å². The number of nitrogen functional groups attached to an aromatic ring is 1. The molecule has 10 nitrogen and oxygen atoms in total. The normalized spacial score (nSPS) is 29.0. The van der Waals surface area contributed by atoms with E-state index in [0.717, 1.165) is 5.56 Å². The number of nitrogens with two attached hydrogens (primary N) is 1. The number of amides is 1. The molecule has 3 aromatic rings. The molecular formula is C20H22ClN7O3. The second-order valence-electron chi connectivity index (χ2n) is 8.12. The summed E-state index contributed by atoms with van der Waals surface area (Å²) in [5.74, 6) is -0.0452. The molecule has 5 rings (SSSR count). The van der Waals surface area contributed by atoms with E-state index in [2.05, 4.69) is 25.6 Å². The van der Waals surface area contributed by atoms with Crippen molar-refractivity contribution in [3.8, 4) is 0 Å². The van der Waals surface area contributed by atoms with E-state index in [0.29, 0.717) is 35.6 Å². The maximum absolute atomic E-state index is 12.4. The van der Waals surface area contributed by atoms with Gasteiger partial charge in [0.25, 0.3) is 0 Å². The van der Waals surface area contributed by atoms with Gasteiger partial charge in [-0.05, 0) is 35.7 Å². The smallest absolute Gasteiger partial charge is 0.229 e. The molecule has 1 amide bonds. The molecule has 162 valence electrons. The van der Waals surface area contributed by atoms with Crippen molar-refractivity contribution in [1.82, 2.24) is 24.8 Å². The van der Waals surface area contributed by atoms with Gasteiger partial charge in [-0.1, -0.05) is 12.1 Å². The van der Waals surface area contributed by atoms with Crippen LogP contribution in [0, 0.1) is 11.3 Å². The van der Waals surface area contributed by atoms with Crippen LogP contribution in [0.3, 0.4) is 0 Å². The van der Waals surface area contributed by atoms with Gasteiger partial charge in [0, 0.05) is 25.2 Å². The van der Waals surface area contributed by atoms with Gasteiger partial charge in [-0.25, -0.2) is 4.98 Å². The number of imidazole rings is 1. The number of hydrogen-bond acceptors (Lipinski definition) is 8. The Morgan fingerprint density at radius 1 is 1.32 bits per heavy atom. The lowest BCUT2D eigenvalue weighted by Gasteiger charge is -2.23. The third kappa shape index (κ3) is 2.93. The van der Waals surface area contributed by atoms with Gasteiger partial charge in [-0.3, -0.25) is 4.79 Å². The zero-order valence-corrected chi connectivity index (χ0v) is 17.4. The van der Waals surface area contributed by atoms with E-state index in [9.17, 15) is 15.0 Å². The van der Waals surface area contributed by atoms with Crippen molar-refractivity contribution in [2.24, 2.45) is 11.3 Å². The van der Waals surface area contributed by atoms with E-state index < -0.39 is 23.7 Å². The van der Waals surface area contributed by atoms with Crippen molar-refractivity contribution in [1.29, 1.82) is 0 Å². The lowest BCUT2D eigenvalue weighted by molar-refractivity contribution is -0.132. The van der Waals surface area contributed by atoms with Crippen LogP contribution in [0.25, 0.3) is 11.2 Å². The Hall–Kier alpha value is -2.95. The topological polar surface area (TPSA) is 151 Å². The Balaban J connectivity index is 1.48. The Labute approximate surface area is 182 Å². The second-order valence-corrected chi connectivity index (χ2v) is 8.45. The monoisotopic (exact) mass is 443 g/mol. The number of nitrogens with one attached hydrogen (secondary N) is 2. The minimum absolute atomic E-state index is 0.0236. The SMILES string of the molecule is CNC(=O)[C@@]12C[C@@H]1[C@H](n1cnc3c(NCc4ccc(N)cc4)nc(Cl)nc31)[C@H](O)[C@@H]2O. The number of rotatable bonds is 5. The van der Waals surface area contributed by atoms with Crippen LogP contribution in [-0.2, 0) is 11.3 Å². The molecule has 0 saturated heterocycles. The maximum atomic E-state index is 12.4. The summed E-state index contributed by atoms with van der Waals surface area (Å²) >= 11 is 6.18. The van der Waals surface area contributed by atoms with E-state index in [1.807, 2.05) is 24.3 Å². The number of nitrogens with zero attached hydrogens (tertiary/aromatic N) is 4. The fourth-order valence-electron chi connectivity index (χ4n) is 4.84. The van der Waals surface area contributed by atoms with Gasteiger partial charge in [-0.15, -0.1) is 0 Å². The Bertz CT molecular complexity index is 1170. The molecule has 5 atom stereocenters. The first-order chi connectivity index (χ1) is 14.9. The third-order valence-electron chi connectivity index (χ3n) is 6.48. The first-order valence-corrected chi connectivity index (χ1v) is 10.3. The molecule has 0 bridgehead atoms. The minimum atomic E-state index is -1.17. The molecule has 0 radical (unpaired) electrons. The third-order valence-corrected chi connectivity index (χ3v) is 6.65. The van der Waals surface area contributed by atoms with Gasteiger partial charge < -0.3 is 31.1 Å². The zero-order chi connectivity index (χ0) is 21.9. The minimum Gasteiger partial charge on any atom is -0.399 e. The van der Waals surface area contributed by atoms with Gasteiger partial charge in [0.2, 0.25) is 11.2 Å². The van der Waals surface area contributed by atoms with E-state index >= 15 is 0 Å². The molecule has 2 aromatic heterocycles. The fourth-order valence-corrected chi connectivity index (χ4v) is 5.00. The average Bonchev–Trinajstić information content (AvgIpc) is 3.30. The molecule has 1 aromatic carbocycles. The number of aromatic nitrogens is 4. The highest BCUT2D eigenvalue weighted by atomic mass is 35.5. The summed E-state index contributed by atoms with van der Waals surface area (Å²) in [7, 11) is 1.53. The van der Waals surface area contributed by atoms with Crippen molar-refractivity contribution in [3.05, 3.63) is 41.4 Å². The molecule has 2 heterocycles. The summed E-state index contributed by atoms with van der Waals surface area (Å²) < 4.78 is 1.69. The standard InChI is InChI=1S/C20H22ClN7O3/c1-23-18(31)20-6-11(20)13(14(29)15(20)30)28-8-25-12-16(26-19(21)27-17(12)28)24-7-9-2-4-10(22)5-3-9/h2-5,8,11,13-15,29-30H,6-7,22H2,1H3,(H,23,31)(H,24,26,27)/t11-,13+,14+,15+,20+/m1/s1. The predicted molar refractivity (Wildman–Crippen MR) is 114 cm³/mol. The lowest BCUT2D eigenvalue weighted by atomic mass is 9.98. The van der Waals surface area contributed by atoms with Crippen molar-refractivity contribution in [2.45, 2.75) is 31.2 Å². The summed E-state index contributed by atoms with van der Waals surface area (Å²) in [4.78, 5) is 25.4. The molecule has 0 aliphatic heterocycles. The highest BCUT2D eigenvalue weighted by molar-refractivity contribution is 6.28. The van der Waals surface area contributed by atoms with E-state index in [1.165, 1.54) is 7.05 Å². The average molecular weight is 444 g/mol. The van der Waals surface area contributed by atoms with Crippen molar-refractivity contribution in [3.63, 3.8) is 0 Å². The molecule has 0 unspecified atom stereocenters. The predicted octanol–water partition coefficient (Wildman–Crippen LogP) is 0.703. The molecule has 2 saturated carbocycles. The summed E-state index contributed by atoms with van der Waals surface area (Å²) in [6.07, 6.45) is -0.270. The van der Waals surface area contributed by atoms with Crippen LogP contribution in [0.1, 0.15) is 18.0 Å². The number of fused-ring (bicyclic) bond motifs is 2. The van der Waals surface area contributed by atoms with E-state index in [1.54, 1.807) is 10.9 Å². The van der Waals surface area contributed by atoms with Crippen molar-refractivity contribution < 1.29 is 15.0 Å². The number of anilines is 2. The number of halogens is 1. The van der Waals surface area contributed by atoms with Crippen LogP contribution < -0.4 is 16.4 Å². The van der Waals surface area contributed by atoms with Crippen LogP contribution in [0.5, 0.6) is 0 Å². The van der Waals surface area contributed by atoms with Gasteiger partial charge >= 0.3 is 0 Å². The molecule has 6 N–H and O–H groups in total. The van der Waals surface area contributed by atoms with E-state index in [-0.39, 0.29) is 17.1 Å². The molecule has 31 heavy (non-hydrogen) atoms. The Morgan fingerprint density at radius 3 is 2.77 bits per heavy atom. The first kappa shape index (κ1) is 20.0. The summed E-state index contributed by atoms with van der Waals surface area (Å²) in [6.45, 7) is 0.475. The molecule has 11 heteroatoms. The highest BCUT2D eigenvalue weighted by Gasteiger charge is 2.75. The maximum Gasteiger partial charge on any atom is 0.229 e. The summed E-state index contributed by atoms with van der Waals surface area (Å²) in [6, 6.07) is 6.89. The Morgan fingerprint density at radius 2 is 2.06 bits per heavy atom. The van der Waals surface area contributed by atoms with Crippen LogP contribution in [0.2, 0.25) is 5.28 Å². The highest BCUT2D eigenvalue weighted by Crippen LogP contribution is 2.67. The van der Waals surface area contributed by atoms with Crippen molar-refractivity contribution >= 4 is 40.2 Å². The van der Waals surface area contributed by atoms with Gasteiger partial charge in [0.15, 0.2) is 17.0 Å². The van der Waals surface area contributed by atoms with Crippen LogP contribution in [0.15, 0.2) is 30.6 Å². The summed E-state index contributed by atoms with van der Waals surface area (Å²) in [5, 5.41) is 27.2. The number of aliphatic hydroxyl groups excluding tert-OH is 2. The molecule has 0 spiro atoms. The molecule has 2 aliphatic carbocycles. The lowest BCUT2D eigenvalue weighted by Crippen LogP contribution is -2.41. The molecular weight excluding hydrogens is 422 g/mol. The van der Waals surface area contributed by atoms with Crippen LogP contribution >= 0.6 is 11.6 Å². The number of benzene rings is 1. The second kappa shape index (κ2) is 7.04. The van der Waals surface area contributed by atoms with Crippen LogP contribution in [-0.4, -0.2) is 54.9 Å². The molecule has 2 aliphatic rings. The fraction of sp³-hybridized carbons (Fsp3) is 0.400. The van der Waals surface area contributed by atoms with Gasteiger partial charge in [-0.2, -0.15) is 9.97 Å².